The molecule has 2 N–H and O–H groups in total. The van der Waals surface area contributed by atoms with Gasteiger partial charge in [0.25, 0.3) is 0 Å². The van der Waals surface area contributed by atoms with Crippen molar-refractivity contribution in [1.29, 1.82) is 0 Å². The van der Waals surface area contributed by atoms with E-state index in [1.54, 1.807) is 12.1 Å². The molecule has 112 valence electrons. The van der Waals surface area contributed by atoms with Gasteiger partial charge >= 0.3 is 0 Å². The minimum Gasteiger partial charge on any atom is -0.489 e. The summed E-state index contributed by atoms with van der Waals surface area (Å²) in [7, 11) is 1.89. The summed E-state index contributed by atoms with van der Waals surface area (Å²) in [5, 5.41) is 0. The number of para-hydroxylation sites is 1. The van der Waals surface area contributed by atoms with Crippen LogP contribution in [-0.4, -0.2) is 13.2 Å². The van der Waals surface area contributed by atoms with Gasteiger partial charge in [-0.15, -0.1) is 0 Å². The molecule has 0 unspecified atom stereocenters. The fourth-order valence-corrected chi connectivity index (χ4v) is 2.19. The van der Waals surface area contributed by atoms with Crippen LogP contribution in [0.25, 0.3) is 0 Å². The second kappa shape index (κ2) is 6.48. The molecule has 0 aliphatic heterocycles. The van der Waals surface area contributed by atoms with Crippen LogP contribution in [0.3, 0.4) is 0 Å². The molecule has 0 saturated carbocycles. The van der Waals surface area contributed by atoms with E-state index in [0.717, 1.165) is 5.69 Å². The smallest absolute Gasteiger partial charge is 0.144 e. The zero-order valence-corrected chi connectivity index (χ0v) is 12.6. The van der Waals surface area contributed by atoms with Gasteiger partial charge in [0, 0.05) is 19.2 Å². The van der Waals surface area contributed by atoms with Crippen molar-refractivity contribution in [1.82, 2.24) is 0 Å². The zero-order chi connectivity index (χ0) is 15.4. The van der Waals surface area contributed by atoms with E-state index in [2.05, 4.69) is 0 Å². The van der Waals surface area contributed by atoms with E-state index in [-0.39, 0.29) is 11.9 Å². The Morgan fingerprint density at radius 1 is 1.14 bits per heavy atom. The Balaban J connectivity index is 2.23. The first-order valence-electron chi connectivity index (χ1n) is 6.98. The Morgan fingerprint density at radius 2 is 1.86 bits per heavy atom. The number of ether oxygens (including phenoxy) is 1. The van der Waals surface area contributed by atoms with Gasteiger partial charge in [-0.2, -0.15) is 0 Å². The van der Waals surface area contributed by atoms with Crippen LogP contribution in [-0.2, 0) is 6.54 Å². The maximum atomic E-state index is 13.7. The highest BCUT2D eigenvalue weighted by Crippen LogP contribution is 2.33. The number of hydrogen-bond acceptors (Lipinski definition) is 3. The highest BCUT2D eigenvalue weighted by atomic mass is 19.1. The SMILES string of the molecule is CC(C)Oc1cccc(N(C)Cc2ccccc2F)c1N. The second-order valence-corrected chi connectivity index (χ2v) is 5.30. The van der Waals surface area contributed by atoms with Crippen molar-refractivity contribution in [2.45, 2.75) is 26.5 Å². The molecule has 0 saturated heterocycles. The predicted molar refractivity (Wildman–Crippen MR) is 85.1 cm³/mol. The summed E-state index contributed by atoms with van der Waals surface area (Å²) >= 11 is 0. The highest BCUT2D eigenvalue weighted by molar-refractivity contribution is 5.73. The standard InChI is InChI=1S/C17H21FN2O/c1-12(2)21-16-10-6-9-15(17(16)19)20(3)11-13-7-4-5-8-14(13)18/h4-10,12H,11,19H2,1-3H3. The number of halogens is 1. The van der Waals surface area contributed by atoms with Crippen molar-refractivity contribution in [3.8, 4) is 5.75 Å². The summed E-state index contributed by atoms with van der Waals surface area (Å²) in [5.41, 5.74) is 8.20. The predicted octanol–water partition coefficient (Wildman–Crippen LogP) is 3.83. The number of hydrogen-bond donors (Lipinski definition) is 1. The lowest BCUT2D eigenvalue weighted by Gasteiger charge is -2.23. The summed E-state index contributed by atoms with van der Waals surface area (Å²) in [4.78, 5) is 1.92. The molecule has 0 fully saturated rings. The van der Waals surface area contributed by atoms with Crippen molar-refractivity contribution in [2.75, 3.05) is 17.7 Å². The van der Waals surface area contributed by atoms with Crippen molar-refractivity contribution in [3.05, 3.63) is 53.8 Å². The van der Waals surface area contributed by atoms with Crippen LogP contribution in [0.4, 0.5) is 15.8 Å². The summed E-state index contributed by atoms with van der Waals surface area (Å²) in [6.45, 7) is 4.35. The Morgan fingerprint density at radius 3 is 2.52 bits per heavy atom. The number of rotatable bonds is 5. The summed E-state index contributed by atoms with van der Waals surface area (Å²) < 4.78 is 19.4. The molecule has 0 bridgehead atoms. The van der Waals surface area contributed by atoms with E-state index in [0.29, 0.717) is 23.5 Å². The van der Waals surface area contributed by atoms with Crippen LogP contribution in [0.5, 0.6) is 5.75 Å². The lowest BCUT2D eigenvalue weighted by molar-refractivity contribution is 0.244. The average Bonchev–Trinajstić information content (AvgIpc) is 2.43. The molecule has 0 aliphatic carbocycles. The van der Waals surface area contributed by atoms with Crippen LogP contribution in [0, 0.1) is 5.82 Å². The third-order valence-corrected chi connectivity index (χ3v) is 3.18. The molecule has 2 rings (SSSR count). The number of nitrogen functional groups attached to an aromatic ring is 1. The molecule has 0 amide bonds. The van der Waals surface area contributed by atoms with Gasteiger partial charge in [0.2, 0.25) is 0 Å². The lowest BCUT2D eigenvalue weighted by Crippen LogP contribution is -2.19. The molecule has 0 spiro atoms. The van der Waals surface area contributed by atoms with E-state index in [1.165, 1.54) is 6.07 Å². The Hall–Kier alpha value is -2.23. The monoisotopic (exact) mass is 288 g/mol. The van der Waals surface area contributed by atoms with Gasteiger partial charge in [0.15, 0.2) is 0 Å². The van der Waals surface area contributed by atoms with Crippen molar-refractivity contribution in [2.24, 2.45) is 0 Å². The maximum Gasteiger partial charge on any atom is 0.144 e. The van der Waals surface area contributed by atoms with E-state index in [1.807, 2.05) is 50.1 Å². The van der Waals surface area contributed by atoms with Gasteiger partial charge in [0.1, 0.15) is 11.6 Å². The van der Waals surface area contributed by atoms with Gasteiger partial charge in [-0.25, -0.2) is 4.39 Å². The Labute approximate surface area is 125 Å². The lowest BCUT2D eigenvalue weighted by atomic mass is 10.1. The van der Waals surface area contributed by atoms with Crippen LogP contribution < -0.4 is 15.4 Å². The zero-order valence-electron chi connectivity index (χ0n) is 12.6. The molecule has 3 nitrogen and oxygen atoms in total. The minimum absolute atomic E-state index is 0.0550. The first-order chi connectivity index (χ1) is 9.99. The molecule has 4 heteroatoms. The topological polar surface area (TPSA) is 38.5 Å². The molecule has 0 aromatic heterocycles. The van der Waals surface area contributed by atoms with Gasteiger partial charge in [0.05, 0.1) is 17.5 Å². The number of benzene rings is 2. The average molecular weight is 288 g/mol. The van der Waals surface area contributed by atoms with E-state index < -0.39 is 0 Å². The molecule has 2 aromatic carbocycles. The summed E-state index contributed by atoms with van der Waals surface area (Å²) in [6.07, 6.45) is 0.0550. The molecular weight excluding hydrogens is 267 g/mol. The number of nitrogens with two attached hydrogens (primary N) is 1. The van der Waals surface area contributed by atoms with Gasteiger partial charge < -0.3 is 15.4 Å². The van der Waals surface area contributed by atoms with Crippen LogP contribution in [0.1, 0.15) is 19.4 Å². The molecule has 2 aromatic rings. The molecule has 0 radical (unpaired) electrons. The summed E-state index contributed by atoms with van der Waals surface area (Å²) in [5.74, 6) is 0.445. The minimum atomic E-state index is -0.211. The van der Waals surface area contributed by atoms with Gasteiger partial charge in [-0.1, -0.05) is 24.3 Å². The number of nitrogens with zero attached hydrogens (tertiary/aromatic N) is 1. The van der Waals surface area contributed by atoms with Crippen LogP contribution in [0.15, 0.2) is 42.5 Å². The van der Waals surface area contributed by atoms with Crippen molar-refractivity contribution >= 4 is 11.4 Å². The van der Waals surface area contributed by atoms with Crippen LogP contribution in [0.2, 0.25) is 0 Å². The summed E-state index contributed by atoms with van der Waals surface area (Å²) in [6, 6.07) is 12.4. The first-order valence-corrected chi connectivity index (χ1v) is 6.98. The first kappa shape index (κ1) is 15.2. The normalized spacial score (nSPS) is 10.7. The van der Waals surface area contributed by atoms with Gasteiger partial charge in [-0.3, -0.25) is 0 Å². The molecule has 0 atom stereocenters. The van der Waals surface area contributed by atoms with Crippen molar-refractivity contribution in [3.63, 3.8) is 0 Å². The number of anilines is 2. The fraction of sp³-hybridized carbons (Fsp3) is 0.294. The highest BCUT2D eigenvalue weighted by Gasteiger charge is 2.12. The molecule has 21 heavy (non-hydrogen) atoms. The van der Waals surface area contributed by atoms with E-state index in [4.69, 9.17) is 10.5 Å². The molecule has 0 aliphatic rings. The van der Waals surface area contributed by atoms with E-state index in [9.17, 15) is 4.39 Å². The Kier molecular flexibility index (Phi) is 4.68. The molecule has 0 heterocycles. The Bertz CT molecular complexity index is 613. The van der Waals surface area contributed by atoms with Crippen molar-refractivity contribution < 1.29 is 9.13 Å². The molecular formula is C17H21FN2O. The maximum absolute atomic E-state index is 13.7. The second-order valence-electron chi connectivity index (χ2n) is 5.30. The third-order valence-electron chi connectivity index (χ3n) is 3.18. The van der Waals surface area contributed by atoms with Gasteiger partial charge in [-0.05, 0) is 32.0 Å². The quantitative estimate of drug-likeness (QED) is 0.850. The third kappa shape index (κ3) is 3.66. The van der Waals surface area contributed by atoms with E-state index >= 15 is 0 Å². The largest absolute Gasteiger partial charge is 0.489 e. The fourth-order valence-electron chi connectivity index (χ4n) is 2.19. The van der Waals surface area contributed by atoms with Crippen LogP contribution >= 0.6 is 0 Å².